The molecule has 0 fully saturated rings. The van der Waals surface area contributed by atoms with Crippen LogP contribution in [0.15, 0.2) is 54.6 Å². The van der Waals surface area contributed by atoms with Gasteiger partial charge in [0.05, 0.1) is 18.7 Å². The average molecular weight is 468 g/mol. The summed E-state index contributed by atoms with van der Waals surface area (Å²) in [6.07, 6.45) is -0.360. The van der Waals surface area contributed by atoms with E-state index >= 15 is 0 Å². The predicted octanol–water partition coefficient (Wildman–Crippen LogP) is 5.93. The zero-order chi connectivity index (χ0) is 23.2. The maximum Gasteiger partial charge on any atom is 0.264 e. The number of amides is 1. The first-order valence-electron chi connectivity index (χ1n) is 10.3. The molecule has 0 spiro atoms. The number of carbonyl (C=O) groups excluding carboxylic acids is 2. The molecular weight excluding hydrogens is 445 g/mol. The summed E-state index contributed by atoms with van der Waals surface area (Å²) in [5, 5.41) is 12.6. The summed E-state index contributed by atoms with van der Waals surface area (Å²) in [7, 11) is 0. The van der Waals surface area contributed by atoms with Gasteiger partial charge in [0.2, 0.25) is 0 Å². The average Bonchev–Trinajstić information content (AvgIpc) is 2.90. The molecule has 32 heavy (non-hydrogen) atoms. The summed E-state index contributed by atoms with van der Waals surface area (Å²) in [5.41, 5.74) is 2.99. The number of carbonyl (C=O) groups is 2. The van der Waals surface area contributed by atoms with Crippen molar-refractivity contribution in [1.29, 1.82) is 0 Å². The Balaban J connectivity index is 1.73. The first-order valence-corrected chi connectivity index (χ1v) is 11.1. The lowest BCUT2D eigenvalue weighted by molar-refractivity contribution is -0.136. The zero-order valence-electron chi connectivity index (χ0n) is 18.1. The summed E-state index contributed by atoms with van der Waals surface area (Å²) in [4.78, 5) is 28.3. The second kappa shape index (κ2) is 8.36. The fourth-order valence-electron chi connectivity index (χ4n) is 4.56. The molecule has 1 amide bonds. The molecule has 3 aromatic rings. The number of ketones is 1. The molecule has 0 aliphatic carbocycles. The first kappa shape index (κ1) is 22.5. The number of aliphatic hydroxyl groups is 1. The zero-order valence-corrected chi connectivity index (χ0v) is 19.6. The van der Waals surface area contributed by atoms with Crippen molar-refractivity contribution in [3.05, 3.63) is 98.0 Å². The van der Waals surface area contributed by atoms with Gasteiger partial charge >= 0.3 is 0 Å². The SMILES string of the molecule is Cc1cc(C)c(C(=O)CC2(O)C(=O)N(Cc3ccc(Cl)cc3)c3ccc(Cl)cc32)c(C)c1. The van der Waals surface area contributed by atoms with Crippen LogP contribution in [0, 0.1) is 20.8 Å². The first-order chi connectivity index (χ1) is 15.1. The monoisotopic (exact) mass is 467 g/mol. The predicted molar refractivity (Wildman–Crippen MR) is 128 cm³/mol. The topological polar surface area (TPSA) is 57.6 Å². The minimum absolute atomic E-state index is 0.240. The Bertz CT molecular complexity index is 1210. The standard InChI is InChI=1S/C26H23Cl2NO3/c1-15-10-16(2)24(17(3)11-15)23(30)13-26(32)21-12-20(28)8-9-22(21)29(25(26)31)14-18-4-6-19(27)7-5-18/h4-12,32H,13-14H2,1-3H3. The summed E-state index contributed by atoms with van der Waals surface area (Å²) in [6, 6.07) is 16.0. The summed E-state index contributed by atoms with van der Waals surface area (Å²) < 4.78 is 0. The highest BCUT2D eigenvalue weighted by Crippen LogP contribution is 2.45. The number of benzene rings is 3. The van der Waals surface area contributed by atoms with Crippen LogP contribution < -0.4 is 4.90 Å². The molecule has 6 heteroatoms. The van der Waals surface area contributed by atoms with Crippen LogP contribution in [0.2, 0.25) is 10.0 Å². The van der Waals surface area contributed by atoms with E-state index in [1.165, 1.54) is 4.90 Å². The van der Waals surface area contributed by atoms with E-state index in [9.17, 15) is 14.7 Å². The molecule has 0 radical (unpaired) electrons. The van der Waals surface area contributed by atoms with Crippen molar-refractivity contribution in [1.82, 2.24) is 0 Å². The van der Waals surface area contributed by atoms with Gasteiger partial charge in [-0.15, -0.1) is 0 Å². The normalized spacial score (nSPS) is 17.6. The Morgan fingerprint density at radius 1 is 0.938 bits per heavy atom. The van der Waals surface area contributed by atoms with Crippen LogP contribution in [0.1, 0.15) is 44.6 Å². The molecule has 0 bridgehead atoms. The van der Waals surface area contributed by atoms with Crippen LogP contribution in [0.3, 0.4) is 0 Å². The van der Waals surface area contributed by atoms with Crippen molar-refractivity contribution in [2.45, 2.75) is 39.3 Å². The van der Waals surface area contributed by atoms with E-state index in [1.807, 2.05) is 45.0 Å². The molecule has 4 rings (SSSR count). The fraction of sp³-hybridized carbons (Fsp3) is 0.231. The van der Waals surface area contributed by atoms with Gasteiger partial charge in [-0.05, 0) is 67.8 Å². The molecule has 164 valence electrons. The maximum absolute atomic E-state index is 13.5. The molecule has 1 aliphatic heterocycles. The van der Waals surface area contributed by atoms with Gasteiger partial charge in [0.15, 0.2) is 11.4 Å². The summed E-state index contributed by atoms with van der Waals surface area (Å²) >= 11 is 12.2. The maximum atomic E-state index is 13.5. The third kappa shape index (κ3) is 3.95. The molecule has 0 saturated heterocycles. The van der Waals surface area contributed by atoms with Gasteiger partial charge in [0, 0.05) is 21.2 Å². The smallest absolute Gasteiger partial charge is 0.264 e. The van der Waals surface area contributed by atoms with Crippen LogP contribution in [0.4, 0.5) is 5.69 Å². The number of fused-ring (bicyclic) bond motifs is 1. The highest BCUT2D eigenvalue weighted by Gasteiger charge is 2.51. The minimum atomic E-state index is -1.99. The van der Waals surface area contributed by atoms with Crippen molar-refractivity contribution in [3.8, 4) is 0 Å². The Labute approximate surface area is 197 Å². The van der Waals surface area contributed by atoms with Gasteiger partial charge in [-0.2, -0.15) is 0 Å². The van der Waals surface area contributed by atoms with Gasteiger partial charge < -0.3 is 10.0 Å². The van der Waals surface area contributed by atoms with Crippen molar-refractivity contribution in [2.75, 3.05) is 4.90 Å². The molecule has 0 saturated carbocycles. The van der Waals surface area contributed by atoms with Crippen molar-refractivity contribution < 1.29 is 14.7 Å². The van der Waals surface area contributed by atoms with Crippen molar-refractivity contribution in [2.24, 2.45) is 0 Å². The Kier molecular flexibility index (Phi) is 5.89. The Morgan fingerprint density at radius 3 is 2.16 bits per heavy atom. The number of halogens is 2. The van der Waals surface area contributed by atoms with Gasteiger partial charge in [-0.25, -0.2) is 0 Å². The highest BCUT2D eigenvalue weighted by atomic mass is 35.5. The van der Waals surface area contributed by atoms with E-state index in [0.29, 0.717) is 26.9 Å². The third-order valence-corrected chi connectivity index (χ3v) is 6.41. The minimum Gasteiger partial charge on any atom is -0.375 e. The fourth-order valence-corrected chi connectivity index (χ4v) is 4.86. The van der Waals surface area contributed by atoms with E-state index < -0.39 is 11.5 Å². The number of aryl methyl sites for hydroxylation is 3. The third-order valence-electron chi connectivity index (χ3n) is 5.92. The molecule has 4 nitrogen and oxygen atoms in total. The van der Waals surface area contributed by atoms with E-state index in [4.69, 9.17) is 23.2 Å². The molecule has 0 aromatic heterocycles. The second-order valence-corrected chi connectivity index (χ2v) is 9.29. The number of hydrogen-bond acceptors (Lipinski definition) is 3. The van der Waals surface area contributed by atoms with Crippen molar-refractivity contribution >= 4 is 40.6 Å². The number of anilines is 1. The molecule has 3 aromatic carbocycles. The molecule has 1 N–H and O–H groups in total. The molecule has 1 heterocycles. The quantitative estimate of drug-likeness (QED) is 0.473. The largest absolute Gasteiger partial charge is 0.375 e. The lowest BCUT2D eigenvalue weighted by Crippen LogP contribution is -2.41. The van der Waals surface area contributed by atoms with Gasteiger partial charge in [0.25, 0.3) is 5.91 Å². The van der Waals surface area contributed by atoms with E-state index in [2.05, 4.69) is 0 Å². The van der Waals surface area contributed by atoms with Gasteiger partial charge in [-0.1, -0.05) is 53.0 Å². The highest BCUT2D eigenvalue weighted by molar-refractivity contribution is 6.31. The van der Waals surface area contributed by atoms with Crippen LogP contribution in [-0.4, -0.2) is 16.8 Å². The summed E-state index contributed by atoms with van der Waals surface area (Å²) in [5.74, 6) is -0.824. The number of hydrogen-bond donors (Lipinski definition) is 1. The lowest BCUT2D eigenvalue weighted by atomic mass is 9.85. The van der Waals surface area contributed by atoms with Crippen LogP contribution in [-0.2, 0) is 16.9 Å². The van der Waals surface area contributed by atoms with Crippen molar-refractivity contribution in [3.63, 3.8) is 0 Å². The van der Waals surface area contributed by atoms with E-state index in [0.717, 1.165) is 22.3 Å². The second-order valence-electron chi connectivity index (χ2n) is 8.41. The lowest BCUT2D eigenvalue weighted by Gasteiger charge is -2.23. The van der Waals surface area contributed by atoms with E-state index in [1.54, 1.807) is 30.3 Å². The van der Waals surface area contributed by atoms with Gasteiger partial charge in [-0.3, -0.25) is 9.59 Å². The molecule has 1 aliphatic rings. The molecule has 1 unspecified atom stereocenters. The summed E-state index contributed by atoms with van der Waals surface area (Å²) in [6.45, 7) is 5.94. The number of nitrogens with zero attached hydrogens (tertiary/aromatic N) is 1. The van der Waals surface area contributed by atoms with Gasteiger partial charge in [0.1, 0.15) is 0 Å². The number of Topliss-reactive ketones (excluding diaryl/α,β-unsaturated/α-hetero) is 1. The van der Waals surface area contributed by atoms with Crippen LogP contribution in [0.5, 0.6) is 0 Å². The molecule has 1 atom stereocenters. The molecular formula is C26H23Cl2NO3. The van der Waals surface area contributed by atoms with Crippen LogP contribution >= 0.6 is 23.2 Å². The van der Waals surface area contributed by atoms with E-state index in [-0.39, 0.29) is 18.7 Å². The Morgan fingerprint density at radius 2 is 1.53 bits per heavy atom. The Hall–Kier alpha value is -2.66. The number of rotatable bonds is 5. The van der Waals surface area contributed by atoms with Crippen LogP contribution in [0.25, 0.3) is 0 Å².